The van der Waals surface area contributed by atoms with E-state index in [1.807, 2.05) is 24.3 Å². The summed E-state index contributed by atoms with van der Waals surface area (Å²) in [6.45, 7) is 0.371. The lowest BCUT2D eigenvalue weighted by Crippen LogP contribution is -2.49. The van der Waals surface area contributed by atoms with Gasteiger partial charge in [0.1, 0.15) is 17.5 Å². The van der Waals surface area contributed by atoms with Gasteiger partial charge in [0.05, 0.1) is 17.9 Å². The van der Waals surface area contributed by atoms with Crippen LogP contribution in [0.3, 0.4) is 0 Å². The number of nitrogens with one attached hydrogen (secondary N) is 1. The predicted molar refractivity (Wildman–Crippen MR) is 121 cm³/mol. The number of phenols is 1. The smallest absolute Gasteiger partial charge is 0.246 e. The predicted octanol–water partition coefficient (Wildman–Crippen LogP) is 4.04. The number of rotatable bonds is 3. The van der Waals surface area contributed by atoms with Crippen LogP contribution in [-0.2, 0) is 4.79 Å². The van der Waals surface area contributed by atoms with E-state index < -0.39 is 0 Å². The lowest BCUT2D eigenvalue weighted by atomic mass is 9.93. The van der Waals surface area contributed by atoms with Crippen molar-refractivity contribution < 1.29 is 9.90 Å². The van der Waals surface area contributed by atoms with Crippen molar-refractivity contribution in [3.63, 3.8) is 0 Å². The van der Waals surface area contributed by atoms with Gasteiger partial charge < -0.3 is 20.2 Å². The maximum Gasteiger partial charge on any atom is 0.246 e. The summed E-state index contributed by atoms with van der Waals surface area (Å²) < 4.78 is 0. The number of nitriles is 1. The molecule has 0 spiro atoms. The molecule has 0 saturated heterocycles. The van der Waals surface area contributed by atoms with Crippen LogP contribution in [0.4, 0.5) is 17.2 Å². The zero-order chi connectivity index (χ0) is 21.8. The van der Waals surface area contributed by atoms with Crippen LogP contribution < -0.4 is 15.1 Å². The molecule has 5 rings (SSSR count). The van der Waals surface area contributed by atoms with Gasteiger partial charge in [-0.1, -0.05) is 31.4 Å². The number of benzene rings is 1. The molecule has 1 aromatic carbocycles. The number of carbonyl (C=O) groups is 1. The molecule has 2 N–H and O–H groups in total. The van der Waals surface area contributed by atoms with Crippen LogP contribution in [0.1, 0.15) is 50.6 Å². The maximum atomic E-state index is 12.2. The van der Waals surface area contributed by atoms with Crippen molar-refractivity contribution in [2.75, 3.05) is 28.7 Å². The number of pyridine rings is 1. The quantitative estimate of drug-likeness (QED) is 0.730. The van der Waals surface area contributed by atoms with Crippen molar-refractivity contribution >= 4 is 23.1 Å². The average Bonchev–Trinajstić information content (AvgIpc) is 3.63. The standard InChI is InChI=1S/C15H18N4O.C9H11NO/c1-18-13-8-7-11(9-16)17-15(13)19(10-14(18)20)12-5-3-2-4-6-12;11-9-4-2-1-3-8(9)10-7-5-6-7/h7-8,12H,2-6,10H2,1H3;1-4,7,10-11H,5-6H2. The Morgan fingerprint density at radius 2 is 1.84 bits per heavy atom. The minimum absolute atomic E-state index is 0.0922. The van der Waals surface area contributed by atoms with Crippen molar-refractivity contribution in [1.82, 2.24) is 4.98 Å². The Hall–Kier alpha value is -3.27. The van der Waals surface area contributed by atoms with Crippen LogP contribution in [0.2, 0.25) is 0 Å². The van der Waals surface area contributed by atoms with Crippen molar-refractivity contribution in [3.8, 4) is 11.8 Å². The first-order valence-corrected chi connectivity index (χ1v) is 11.1. The molecule has 3 aliphatic rings. The Labute approximate surface area is 183 Å². The van der Waals surface area contributed by atoms with Gasteiger partial charge in [0.2, 0.25) is 5.91 Å². The summed E-state index contributed by atoms with van der Waals surface area (Å²) >= 11 is 0. The lowest BCUT2D eigenvalue weighted by molar-refractivity contribution is -0.117. The normalized spacial score (nSPS) is 18.5. The third kappa shape index (κ3) is 4.91. The third-order valence-electron chi connectivity index (χ3n) is 6.14. The van der Waals surface area contributed by atoms with Gasteiger partial charge in [-0.25, -0.2) is 4.98 Å². The number of hydrogen-bond donors (Lipinski definition) is 2. The molecular formula is C24H29N5O2. The van der Waals surface area contributed by atoms with E-state index in [0.29, 0.717) is 30.1 Å². The monoisotopic (exact) mass is 419 g/mol. The first-order valence-electron chi connectivity index (χ1n) is 11.1. The fraction of sp³-hybridized carbons (Fsp3) is 0.458. The van der Waals surface area contributed by atoms with E-state index in [9.17, 15) is 9.90 Å². The number of hydrogen-bond acceptors (Lipinski definition) is 6. The molecule has 2 heterocycles. The summed E-state index contributed by atoms with van der Waals surface area (Å²) in [7, 11) is 1.77. The van der Waals surface area contributed by atoms with E-state index in [0.717, 1.165) is 30.0 Å². The average molecular weight is 420 g/mol. The Morgan fingerprint density at radius 3 is 2.52 bits per heavy atom. The SMILES string of the molecule is CN1C(=O)CN(C2CCCCC2)c2nc(C#N)ccc21.Oc1ccccc1NC1CC1. The molecule has 0 atom stereocenters. The topological polar surface area (TPSA) is 92.5 Å². The van der Waals surface area contributed by atoms with E-state index >= 15 is 0 Å². The molecule has 1 aromatic heterocycles. The van der Waals surface area contributed by atoms with Gasteiger partial charge in [-0.05, 0) is 49.9 Å². The fourth-order valence-corrected chi connectivity index (χ4v) is 4.18. The van der Waals surface area contributed by atoms with Crippen LogP contribution in [-0.4, -0.2) is 41.7 Å². The lowest BCUT2D eigenvalue weighted by Gasteiger charge is -2.40. The largest absolute Gasteiger partial charge is 0.506 e. The summed E-state index contributed by atoms with van der Waals surface area (Å²) in [5.74, 6) is 1.23. The second-order valence-corrected chi connectivity index (χ2v) is 8.46. The number of amides is 1. The van der Waals surface area contributed by atoms with Crippen molar-refractivity contribution in [2.45, 2.75) is 57.0 Å². The molecule has 0 bridgehead atoms. The molecule has 7 nitrogen and oxygen atoms in total. The minimum atomic E-state index is 0.0922. The first kappa shape index (κ1) is 21.0. The number of anilines is 3. The van der Waals surface area contributed by atoms with E-state index in [4.69, 9.17) is 5.26 Å². The van der Waals surface area contributed by atoms with Crippen molar-refractivity contribution in [1.29, 1.82) is 5.26 Å². The number of para-hydroxylation sites is 2. The highest BCUT2D eigenvalue weighted by atomic mass is 16.3. The second-order valence-electron chi connectivity index (χ2n) is 8.46. The molecule has 0 radical (unpaired) electrons. The Kier molecular flexibility index (Phi) is 6.26. The zero-order valence-corrected chi connectivity index (χ0v) is 17.9. The summed E-state index contributed by atoms with van der Waals surface area (Å²) in [4.78, 5) is 20.4. The summed E-state index contributed by atoms with van der Waals surface area (Å²) in [6.07, 6.45) is 8.36. The molecule has 0 unspecified atom stereocenters. The first-order chi connectivity index (χ1) is 15.1. The highest BCUT2D eigenvalue weighted by molar-refractivity contribution is 6.02. The molecule has 7 heteroatoms. The van der Waals surface area contributed by atoms with Gasteiger partial charge in [-0.3, -0.25) is 4.79 Å². The number of aromatic hydroxyl groups is 1. The Balaban J connectivity index is 0.000000177. The van der Waals surface area contributed by atoms with Gasteiger partial charge >= 0.3 is 0 Å². The highest BCUT2D eigenvalue weighted by Gasteiger charge is 2.33. The van der Waals surface area contributed by atoms with Crippen molar-refractivity contribution in [2.24, 2.45) is 0 Å². The van der Waals surface area contributed by atoms with Gasteiger partial charge in [-0.2, -0.15) is 5.26 Å². The number of carbonyl (C=O) groups excluding carboxylic acids is 1. The molecule has 2 aliphatic carbocycles. The molecule has 162 valence electrons. The van der Waals surface area contributed by atoms with Crippen LogP contribution >= 0.6 is 0 Å². The Morgan fingerprint density at radius 1 is 1.10 bits per heavy atom. The zero-order valence-electron chi connectivity index (χ0n) is 17.9. The summed E-state index contributed by atoms with van der Waals surface area (Å²) in [6, 6.07) is 13.9. The van der Waals surface area contributed by atoms with Gasteiger partial charge in [0.15, 0.2) is 5.82 Å². The number of aromatic nitrogens is 1. The molecule has 2 fully saturated rings. The van der Waals surface area contributed by atoms with E-state index in [1.54, 1.807) is 24.1 Å². The Bertz CT molecular complexity index is 976. The van der Waals surface area contributed by atoms with Gasteiger partial charge in [0, 0.05) is 19.1 Å². The van der Waals surface area contributed by atoms with Gasteiger partial charge in [-0.15, -0.1) is 0 Å². The second kappa shape index (κ2) is 9.25. The third-order valence-corrected chi connectivity index (χ3v) is 6.14. The number of likely N-dealkylation sites (N-methyl/N-ethyl adjacent to an activating group) is 1. The number of nitrogens with zero attached hydrogens (tertiary/aromatic N) is 4. The number of phenolic OH excluding ortho intramolecular Hbond substituents is 1. The molecule has 2 saturated carbocycles. The van der Waals surface area contributed by atoms with Gasteiger partial charge in [0.25, 0.3) is 0 Å². The molecule has 1 aliphatic heterocycles. The molecular weight excluding hydrogens is 390 g/mol. The van der Waals surface area contributed by atoms with E-state index in [-0.39, 0.29) is 5.91 Å². The van der Waals surface area contributed by atoms with Crippen LogP contribution in [0.5, 0.6) is 5.75 Å². The molecule has 1 amide bonds. The molecule has 2 aromatic rings. The maximum absolute atomic E-state index is 12.2. The van der Waals surface area contributed by atoms with Crippen LogP contribution in [0.25, 0.3) is 0 Å². The van der Waals surface area contributed by atoms with E-state index in [2.05, 4.69) is 21.3 Å². The summed E-state index contributed by atoms with van der Waals surface area (Å²) in [5.41, 5.74) is 2.08. The van der Waals surface area contributed by atoms with Crippen LogP contribution in [0.15, 0.2) is 36.4 Å². The molecule has 31 heavy (non-hydrogen) atoms. The summed E-state index contributed by atoms with van der Waals surface area (Å²) in [5, 5.41) is 21.6. The minimum Gasteiger partial charge on any atom is -0.506 e. The van der Waals surface area contributed by atoms with Crippen LogP contribution in [0, 0.1) is 11.3 Å². The van der Waals surface area contributed by atoms with E-state index in [1.165, 1.54) is 32.1 Å². The fourth-order valence-electron chi connectivity index (χ4n) is 4.18. The highest BCUT2D eigenvalue weighted by Crippen LogP contribution is 2.35. The number of fused-ring (bicyclic) bond motifs is 1. The van der Waals surface area contributed by atoms with Crippen molar-refractivity contribution in [3.05, 3.63) is 42.1 Å².